The van der Waals surface area contributed by atoms with E-state index < -0.39 is 28.9 Å². The molecule has 1 heterocycles. The van der Waals surface area contributed by atoms with Gasteiger partial charge in [0.2, 0.25) is 5.91 Å². The zero-order valence-corrected chi connectivity index (χ0v) is 14.2. The van der Waals surface area contributed by atoms with E-state index in [1.165, 1.54) is 24.1 Å². The molecular weight excluding hydrogens is 342 g/mol. The molecule has 26 heavy (non-hydrogen) atoms. The summed E-state index contributed by atoms with van der Waals surface area (Å²) in [5.74, 6) is -1.19. The molecule has 2 N–H and O–H groups in total. The van der Waals surface area contributed by atoms with Crippen LogP contribution >= 0.6 is 0 Å². The maximum atomic E-state index is 12.6. The van der Waals surface area contributed by atoms with Crippen molar-refractivity contribution in [2.75, 3.05) is 26.7 Å². The summed E-state index contributed by atoms with van der Waals surface area (Å²) in [6.07, 6.45) is 1.34. The fraction of sp³-hybridized carbons (Fsp3) is 0.438. The Morgan fingerprint density at radius 1 is 1.50 bits per heavy atom. The second-order valence-corrected chi connectivity index (χ2v) is 5.92. The molecule has 0 bridgehead atoms. The third kappa shape index (κ3) is 4.46. The van der Waals surface area contributed by atoms with Crippen molar-refractivity contribution in [1.29, 1.82) is 5.26 Å². The lowest BCUT2D eigenvalue weighted by Crippen LogP contribution is -2.53. The van der Waals surface area contributed by atoms with Gasteiger partial charge in [-0.3, -0.25) is 19.8 Å². The van der Waals surface area contributed by atoms with Crippen LogP contribution in [0.5, 0.6) is 0 Å². The highest BCUT2D eigenvalue weighted by atomic mass is 16.6. The summed E-state index contributed by atoms with van der Waals surface area (Å²) in [5.41, 5.74) is 5.93. The lowest BCUT2D eigenvalue weighted by molar-refractivity contribution is -0.384. The highest BCUT2D eigenvalue weighted by Crippen LogP contribution is 2.22. The predicted molar refractivity (Wildman–Crippen MR) is 89.6 cm³/mol. The Bertz CT molecular complexity index is 730. The molecule has 138 valence electrons. The third-order valence-corrected chi connectivity index (χ3v) is 4.25. The molecule has 3 amide bonds. The largest absolute Gasteiger partial charge is 0.374 e. The van der Waals surface area contributed by atoms with Crippen molar-refractivity contribution < 1.29 is 19.2 Å². The molecule has 0 aromatic heterocycles. The molecule has 2 atom stereocenters. The lowest BCUT2D eigenvalue weighted by atomic mass is 9.91. The van der Waals surface area contributed by atoms with Gasteiger partial charge in [-0.25, -0.2) is 4.79 Å². The van der Waals surface area contributed by atoms with Gasteiger partial charge in [0.15, 0.2) is 6.19 Å². The van der Waals surface area contributed by atoms with Crippen molar-refractivity contribution in [1.82, 2.24) is 9.80 Å². The Morgan fingerprint density at radius 2 is 2.15 bits per heavy atom. The summed E-state index contributed by atoms with van der Waals surface area (Å²) >= 11 is 0. The van der Waals surface area contributed by atoms with Gasteiger partial charge < -0.3 is 15.4 Å². The van der Waals surface area contributed by atoms with Crippen LogP contribution in [0.4, 0.5) is 10.5 Å². The fourth-order valence-corrected chi connectivity index (χ4v) is 2.80. The van der Waals surface area contributed by atoms with Crippen molar-refractivity contribution in [2.45, 2.75) is 12.5 Å². The summed E-state index contributed by atoms with van der Waals surface area (Å²) < 4.78 is 5.66. The third-order valence-electron chi connectivity index (χ3n) is 4.25. The molecule has 0 spiro atoms. The van der Waals surface area contributed by atoms with E-state index in [1.807, 2.05) is 0 Å². The van der Waals surface area contributed by atoms with Gasteiger partial charge in [0.05, 0.1) is 23.6 Å². The second kappa shape index (κ2) is 8.26. The quantitative estimate of drug-likeness (QED) is 0.349. The Balaban J connectivity index is 2.23. The molecule has 0 saturated carbocycles. The fourth-order valence-electron chi connectivity index (χ4n) is 2.80. The average Bonchev–Trinajstić information content (AvgIpc) is 2.65. The number of carbonyl (C=O) groups excluding carboxylic acids is 2. The number of non-ortho nitro benzene ring substituents is 1. The number of morpholine rings is 1. The zero-order valence-electron chi connectivity index (χ0n) is 14.2. The molecule has 1 fully saturated rings. The molecule has 1 aliphatic heterocycles. The maximum absolute atomic E-state index is 12.6. The number of benzene rings is 1. The van der Waals surface area contributed by atoms with Crippen LogP contribution in [0.15, 0.2) is 24.3 Å². The molecule has 1 unspecified atom stereocenters. The first kappa shape index (κ1) is 19.1. The molecule has 1 aromatic carbocycles. The molecule has 1 aliphatic rings. The molecule has 1 aromatic rings. The Hall–Kier alpha value is -3.19. The van der Waals surface area contributed by atoms with Gasteiger partial charge in [0.25, 0.3) is 5.69 Å². The highest BCUT2D eigenvalue weighted by molar-refractivity contribution is 5.81. The number of nitro groups is 1. The SMILES string of the molecule is CN(C#N)C(=O)[C@@H](Cc1ccc([N+](=O)[O-])cc1)C1CN(C(N)=O)CCO1. The first-order valence-electron chi connectivity index (χ1n) is 7.90. The standard InChI is InChI=1S/C16H19N5O5/c1-19(10-17)15(22)13(14-9-20(16(18)23)6-7-26-14)8-11-2-4-12(5-3-11)21(24)25/h2-5,13-14H,6-9H2,1H3,(H2,18,23)/t13-,14?/m0/s1. The van der Waals surface area contributed by atoms with Gasteiger partial charge in [0.1, 0.15) is 0 Å². The maximum Gasteiger partial charge on any atom is 0.314 e. The molecule has 1 saturated heterocycles. The molecular formula is C16H19N5O5. The molecule has 0 radical (unpaired) electrons. The minimum Gasteiger partial charge on any atom is -0.374 e. The van der Waals surface area contributed by atoms with Gasteiger partial charge in [-0.15, -0.1) is 0 Å². The number of nitrogens with zero attached hydrogens (tertiary/aromatic N) is 4. The number of nitro benzene ring substituents is 1. The summed E-state index contributed by atoms with van der Waals surface area (Å²) in [6.45, 7) is 0.699. The molecule has 10 nitrogen and oxygen atoms in total. The first-order valence-corrected chi connectivity index (χ1v) is 7.90. The van der Waals surface area contributed by atoms with Gasteiger partial charge in [-0.2, -0.15) is 5.26 Å². The van der Waals surface area contributed by atoms with Gasteiger partial charge in [-0.05, 0) is 12.0 Å². The van der Waals surface area contributed by atoms with E-state index in [-0.39, 0.29) is 25.3 Å². The van der Waals surface area contributed by atoms with E-state index >= 15 is 0 Å². The number of hydrogen-bond acceptors (Lipinski definition) is 6. The van der Waals surface area contributed by atoms with Crippen LogP contribution in [0.25, 0.3) is 0 Å². The summed E-state index contributed by atoms with van der Waals surface area (Å²) in [4.78, 5) is 36.6. The highest BCUT2D eigenvalue weighted by Gasteiger charge is 2.36. The molecule has 0 aliphatic carbocycles. The number of primary amides is 1. The lowest BCUT2D eigenvalue weighted by Gasteiger charge is -2.36. The summed E-state index contributed by atoms with van der Waals surface area (Å²) in [7, 11) is 1.35. The van der Waals surface area contributed by atoms with E-state index in [2.05, 4.69) is 0 Å². The van der Waals surface area contributed by atoms with Crippen molar-refractivity contribution in [3.63, 3.8) is 0 Å². The minimum absolute atomic E-state index is 0.0559. The average molecular weight is 361 g/mol. The predicted octanol–water partition coefficient (Wildman–Crippen LogP) is 0.472. The Morgan fingerprint density at radius 3 is 2.69 bits per heavy atom. The minimum atomic E-state index is -0.733. The first-order chi connectivity index (χ1) is 12.3. The van der Waals surface area contributed by atoms with Crippen molar-refractivity contribution in [3.05, 3.63) is 39.9 Å². The number of amides is 3. The second-order valence-electron chi connectivity index (χ2n) is 5.92. The van der Waals surface area contributed by atoms with Crippen LogP contribution in [0.2, 0.25) is 0 Å². The number of nitriles is 1. The Labute approximate surface area is 149 Å². The van der Waals surface area contributed by atoms with Gasteiger partial charge in [-0.1, -0.05) is 12.1 Å². The molecule has 2 rings (SSSR count). The smallest absolute Gasteiger partial charge is 0.314 e. The van der Waals surface area contributed by atoms with Crippen LogP contribution in [0, 0.1) is 27.5 Å². The van der Waals surface area contributed by atoms with Crippen molar-refractivity contribution in [3.8, 4) is 6.19 Å². The van der Waals surface area contributed by atoms with Crippen LogP contribution < -0.4 is 5.73 Å². The van der Waals surface area contributed by atoms with Crippen LogP contribution in [0.3, 0.4) is 0 Å². The van der Waals surface area contributed by atoms with Crippen LogP contribution in [0.1, 0.15) is 5.56 Å². The number of ether oxygens (including phenoxy) is 1. The van der Waals surface area contributed by atoms with Gasteiger partial charge in [0, 0.05) is 32.3 Å². The number of hydrogen-bond donors (Lipinski definition) is 1. The summed E-state index contributed by atoms with van der Waals surface area (Å²) in [5, 5.41) is 19.8. The monoisotopic (exact) mass is 361 g/mol. The van der Waals surface area contributed by atoms with Crippen LogP contribution in [-0.2, 0) is 16.0 Å². The zero-order chi connectivity index (χ0) is 19.3. The number of urea groups is 1. The number of nitrogens with two attached hydrogens (primary N) is 1. The van der Waals surface area contributed by atoms with E-state index in [0.717, 1.165) is 4.90 Å². The van der Waals surface area contributed by atoms with E-state index in [1.54, 1.807) is 18.3 Å². The van der Waals surface area contributed by atoms with E-state index in [0.29, 0.717) is 12.1 Å². The number of carbonyl (C=O) groups is 2. The van der Waals surface area contributed by atoms with Crippen molar-refractivity contribution >= 4 is 17.6 Å². The van der Waals surface area contributed by atoms with Gasteiger partial charge >= 0.3 is 6.03 Å². The summed E-state index contributed by atoms with van der Waals surface area (Å²) in [6, 6.07) is 5.21. The van der Waals surface area contributed by atoms with E-state index in [4.69, 9.17) is 15.7 Å². The van der Waals surface area contributed by atoms with E-state index in [9.17, 15) is 19.7 Å². The topological polar surface area (TPSA) is 143 Å². The molecule has 10 heteroatoms. The normalized spacial score (nSPS) is 17.8. The van der Waals surface area contributed by atoms with Crippen molar-refractivity contribution in [2.24, 2.45) is 11.7 Å². The number of rotatable bonds is 5. The van der Waals surface area contributed by atoms with Crippen LogP contribution in [-0.4, -0.2) is 59.5 Å². The Kier molecular flexibility index (Phi) is 6.08.